The van der Waals surface area contributed by atoms with Crippen molar-refractivity contribution in [1.29, 1.82) is 0 Å². The van der Waals surface area contributed by atoms with Crippen molar-refractivity contribution in [2.24, 2.45) is 0 Å². The predicted octanol–water partition coefficient (Wildman–Crippen LogP) is 5.71. The van der Waals surface area contributed by atoms with Crippen LogP contribution in [-0.2, 0) is 0 Å². The number of aryl methyl sites for hydroxylation is 3. The SMILES string of the molecule is Cc1nc2c(N(c3cccc4[nH]c(C)nc34)c3cccc4[nH]c(C)nc34)cccc2[nH]1. The Labute approximate surface area is 178 Å². The van der Waals surface area contributed by atoms with Crippen LogP contribution in [0.5, 0.6) is 0 Å². The molecule has 6 aromatic rings. The number of aromatic nitrogens is 6. The minimum Gasteiger partial charge on any atom is -0.342 e. The third kappa shape index (κ3) is 2.70. The van der Waals surface area contributed by atoms with Gasteiger partial charge >= 0.3 is 0 Å². The number of imidazole rings is 3. The molecule has 0 bridgehead atoms. The Morgan fingerprint density at radius 1 is 0.516 bits per heavy atom. The molecular formula is C24H21N7. The van der Waals surface area contributed by atoms with Crippen LogP contribution in [0.25, 0.3) is 33.1 Å². The highest BCUT2D eigenvalue weighted by atomic mass is 15.2. The summed E-state index contributed by atoms with van der Waals surface area (Å²) in [4.78, 5) is 26.7. The Morgan fingerprint density at radius 3 is 1.16 bits per heavy atom. The number of hydrogen-bond acceptors (Lipinski definition) is 4. The minimum absolute atomic E-state index is 0.880. The van der Waals surface area contributed by atoms with E-state index < -0.39 is 0 Å². The number of nitrogens with one attached hydrogen (secondary N) is 3. The standard InChI is InChI=1S/C24H21N7/c1-13-25-16-7-4-10-19(22(16)28-13)31(20-11-5-8-17-23(20)29-14(2)26-17)21-12-6-9-18-24(21)30-15(3)27-18/h4-12H,1-3H3,(H,25,28)(H,26,29)(H,27,30). The average Bonchev–Trinajstić information content (AvgIpc) is 3.42. The smallest absolute Gasteiger partial charge is 0.113 e. The molecule has 7 heteroatoms. The zero-order valence-corrected chi connectivity index (χ0v) is 17.5. The quantitative estimate of drug-likeness (QED) is 0.350. The van der Waals surface area contributed by atoms with Crippen molar-refractivity contribution in [1.82, 2.24) is 29.9 Å². The average molecular weight is 407 g/mol. The van der Waals surface area contributed by atoms with Gasteiger partial charge in [0.1, 0.15) is 34.0 Å². The van der Waals surface area contributed by atoms with Crippen LogP contribution in [0.3, 0.4) is 0 Å². The summed E-state index contributed by atoms with van der Waals surface area (Å²) in [6.07, 6.45) is 0. The summed E-state index contributed by atoms with van der Waals surface area (Å²) in [5, 5.41) is 0. The highest BCUT2D eigenvalue weighted by Gasteiger charge is 2.23. The first-order valence-corrected chi connectivity index (χ1v) is 10.2. The van der Waals surface area contributed by atoms with Gasteiger partial charge in [-0.15, -0.1) is 0 Å². The number of hydrogen-bond donors (Lipinski definition) is 3. The second kappa shape index (κ2) is 6.43. The first kappa shape index (κ1) is 17.7. The highest BCUT2D eigenvalue weighted by Crippen LogP contribution is 2.42. The lowest BCUT2D eigenvalue weighted by Crippen LogP contribution is -2.12. The summed E-state index contributed by atoms with van der Waals surface area (Å²) < 4.78 is 0. The molecule has 3 aromatic heterocycles. The topological polar surface area (TPSA) is 89.3 Å². The first-order chi connectivity index (χ1) is 15.1. The Bertz CT molecular complexity index is 1390. The van der Waals surface area contributed by atoms with Gasteiger partial charge < -0.3 is 19.9 Å². The highest BCUT2D eigenvalue weighted by molar-refractivity contribution is 6.05. The van der Waals surface area contributed by atoms with Crippen LogP contribution >= 0.6 is 0 Å². The number of anilines is 3. The summed E-state index contributed by atoms with van der Waals surface area (Å²) in [6.45, 7) is 5.93. The second-order valence-corrected chi connectivity index (χ2v) is 7.82. The largest absolute Gasteiger partial charge is 0.342 e. The molecule has 0 aliphatic carbocycles. The molecule has 3 aromatic carbocycles. The van der Waals surface area contributed by atoms with Gasteiger partial charge in [-0.3, -0.25) is 0 Å². The lowest BCUT2D eigenvalue weighted by atomic mass is 10.1. The maximum atomic E-state index is 4.80. The first-order valence-electron chi connectivity index (χ1n) is 10.2. The van der Waals surface area contributed by atoms with Crippen molar-refractivity contribution in [3.63, 3.8) is 0 Å². The van der Waals surface area contributed by atoms with E-state index in [-0.39, 0.29) is 0 Å². The van der Waals surface area contributed by atoms with E-state index in [4.69, 9.17) is 15.0 Å². The summed E-state index contributed by atoms with van der Waals surface area (Å²) >= 11 is 0. The Hall–Kier alpha value is -4.13. The van der Waals surface area contributed by atoms with Crippen LogP contribution in [0.2, 0.25) is 0 Å². The van der Waals surface area contributed by atoms with Gasteiger partial charge in [0.25, 0.3) is 0 Å². The molecule has 152 valence electrons. The van der Waals surface area contributed by atoms with Gasteiger partial charge in [-0.25, -0.2) is 15.0 Å². The molecule has 0 atom stereocenters. The zero-order valence-electron chi connectivity index (χ0n) is 17.5. The van der Waals surface area contributed by atoms with E-state index in [9.17, 15) is 0 Å². The summed E-state index contributed by atoms with van der Waals surface area (Å²) in [5.74, 6) is 2.64. The van der Waals surface area contributed by atoms with Crippen molar-refractivity contribution in [2.45, 2.75) is 20.8 Å². The van der Waals surface area contributed by atoms with Crippen molar-refractivity contribution < 1.29 is 0 Å². The van der Waals surface area contributed by atoms with Crippen molar-refractivity contribution in [3.05, 3.63) is 72.1 Å². The van der Waals surface area contributed by atoms with Crippen molar-refractivity contribution >= 4 is 50.2 Å². The predicted molar refractivity (Wildman–Crippen MR) is 124 cm³/mol. The molecule has 0 amide bonds. The fourth-order valence-corrected chi connectivity index (χ4v) is 4.35. The van der Waals surface area contributed by atoms with E-state index in [1.807, 2.05) is 39.0 Å². The van der Waals surface area contributed by atoms with Crippen LogP contribution in [0.15, 0.2) is 54.6 Å². The number of aromatic amines is 3. The van der Waals surface area contributed by atoms with Crippen LogP contribution in [0.4, 0.5) is 17.1 Å². The molecule has 0 spiro atoms. The maximum Gasteiger partial charge on any atom is 0.113 e. The van der Waals surface area contributed by atoms with Crippen LogP contribution < -0.4 is 4.90 Å². The molecule has 7 nitrogen and oxygen atoms in total. The van der Waals surface area contributed by atoms with Gasteiger partial charge in [-0.2, -0.15) is 0 Å². The van der Waals surface area contributed by atoms with Gasteiger partial charge in [0.15, 0.2) is 0 Å². The third-order valence-corrected chi connectivity index (χ3v) is 5.55. The van der Waals surface area contributed by atoms with E-state index in [0.29, 0.717) is 0 Å². The monoisotopic (exact) mass is 407 g/mol. The molecule has 6 rings (SSSR count). The number of para-hydroxylation sites is 3. The molecule has 0 saturated carbocycles. The molecule has 0 fully saturated rings. The fourth-order valence-electron chi connectivity index (χ4n) is 4.35. The minimum atomic E-state index is 0.880. The zero-order chi connectivity index (χ0) is 21.1. The second-order valence-electron chi connectivity index (χ2n) is 7.82. The summed E-state index contributed by atoms with van der Waals surface area (Å²) in [6, 6.07) is 18.6. The van der Waals surface area contributed by atoms with Crippen molar-refractivity contribution in [2.75, 3.05) is 4.90 Å². The molecule has 3 N–H and O–H groups in total. The summed E-state index contributed by atoms with van der Waals surface area (Å²) in [5.41, 5.74) is 8.65. The molecule has 31 heavy (non-hydrogen) atoms. The lowest BCUT2D eigenvalue weighted by Gasteiger charge is -2.26. The van der Waals surface area contributed by atoms with E-state index in [1.165, 1.54) is 0 Å². The van der Waals surface area contributed by atoms with Crippen molar-refractivity contribution in [3.8, 4) is 0 Å². The van der Waals surface area contributed by atoms with Gasteiger partial charge in [-0.05, 0) is 57.2 Å². The van der Waals surface area contributed by atoms with E-state index in [0.717, 1.165) is 67.6 Å². The van der Waals surface area contributed by atoms with E-state index in [2.05, 4.69) is 56.3 Å². The van der Waals surface area contributed by atoms with Gasteiger partial charge in [0, 0.05) is 0 Å². The number of fused-ring (bicyclic) bond motifs is 3. The number of nitrogens with zero attached hydrogens (tertiary/aromatic N) is 4. The van der Waals surface area contributed by atoms with Gasteiger partial charge in [0.05, 0.1) is 33.6 Å². The molecule has 0 unspecified atom stereocenters. The van der Waals surface area contributed by atoms with Gasteiger partial charge in [-0.1, -0.05) is 18.2 Å². The third-order valence-electron chi connectivity index (χ3n) is 5.55. The lowest BCUT2D eigenvalue weighted by molar-refractivity contribution is 1.16. The Kier molecular flexibility index (Phi) is 3.67. The van der Waals surface area contributed by atoms with E-state index in [1.54, 1.807) is 0 Å². The number of benzene rings is 3. The van der Waals surface area contributed by atoms with Crippen LogP contribution in [0.1, 0.15) is 17.5 Å². The Morgan fingerprint density at radius 2 is 0.839 bits per heavy atom. The molecule has 3 heterocycles. The van der Waals surface area contributed by atoms with Crippen LogP contribution in [0, 0.1) is 20.8 Å². The van der Waals surface area contributed by atoms with Gasteiger partial charge in [0.2, 0.25) is 0 Å². The van der Waals surface area contributed by atoms with Crippen LogP contribution in [-0.4, -0.2) is 29.9 Å². The molecular weight excluding hydrogens is 386 g/mol. The fraction of sp³-hybridized carbons (Fsp3) is 0.125. The maximum absolute atomic E-state index is 4.80. The van der Waals surface area contributed by atoms with E-state index >= 15 is 0 Å². The molecule has 0 saturated heterocycles. The molecule has 0 aliphatic rings. The summed E-state index contributed by atoms with van der Waals surface area (Å²) in [7, 11) is 0. The Balaban J connectivity index is 1.74. The normalized spacial score (nSPS) is 11.7. The molecule has 0 radical (unpaired) electrons. The number of rotatable bonds is 3. The molecule has 0 aliphatic heterocycles. The number of H-pyrrole nitrogens is 3.